The topological polar surface area (TPSA) is 20.3 Å². The maximum Gasteiger partial charge on any atom is 0.138 e. The first-order valence-corrected chi connectivity index (χ1v) is 9.51. The Kier molecular flexibility index (Phi) is 8.48. The van der Waals surface area contributed by atoms with Crippen molar-refractivity contribution in [3.8, 4) is 0 Å². The van der Waals surface area contributed by atoms with Crippen LogP contribution in [0.1, 0.15) is 18.4 Å². The Balaban J connectivity index is 0.00000261. The molecule has 0 aromatic heterocycles. The normalized spacial score (nSPS) is 14.4. The molecule has 1 aliphatic rings. The van der Waals surface area contributed by atoms with Crippen molar-refractivity contribution in [2.75, 3.05) is 19.6 Å². The van der Waals surface area contributed by atoms with Crippen LogP contribution in [-0.2, 0) is 11.2 Å². The molecule has 0 saturated carbocycles. The number of carbonyl (C=O) groups excluding carboxylic acids is 1. The highest BCUT2D eigenvalue weighted by Crippen LogP contribution is 2.30. The van der Waals surface area contributed by atoms with Gasteiger partial charge in [-0.25, -0.2) is 8.78 Å². The van der Waals surface area contributed by atoms with Gasteiger partial charge in [0.1, 0.15) is 17.4 Å². The van der Waals surface area contributed by atoms with Crippen LogP contribution in [0.3, 0.4) is 0 Å². The van der Waals surface area contributed by atoms with Gasteiger partial charge in [0.05, 0.1) is 0 Å². The monoisotopic (exact) mass is 409 g/mol. The third-order valence-electron chi connectivity index (χ3n) is 4.34. The van der Waals surface area contributed by atoms with E-state index in [9.17, 15) is 13.6 Å². The second kappa shape index (κ2) is 10.6. The molecular weight excluding hydrogens is 388 g/mol. The minimum Gasteiger partial charge on any atom is -0.299 e. The van der Waals surface area contributed by atoms with Crippen molar-refractivity contribution >= 4 is 30.0 Å². The molecule has 27 heavy (non-hydrogen) atoms. The van der Waals surface area contributed by atoms with Crippen molar-refractivity contribution in [3.05, 3.63) is 76.7 Å². The molecule has 144 valence electrons. The Bertz CT molecular complexity index is 778. The largest absolute Gasteiger partial charge is 0.299 e. The van der Waals surface area contributed by atoms with Crippen LogP contribution in [0.2, 0.25) is 0 Å². The lowest BCUT2D eigenvalue weighted by Crippen LogP contribution is -2.30. The average Bonchev–Trinajstić information content (AvgIpc) is 2.65. The number of benzene rings is 2. The summed E-state index contributed by atoms with van der Waals surface area (Å²) in [5.74, 6) is -0.328. The summed E-state index contributed by atoms with van der Waals surface area (Å²) in [5.41, 5.74) is 0.855. The Morgan fingerprint density at radius 1 is 1.00 bits per heavy atom. The molecule has 0 bridgehead atoms. The predicted octanol–water partition coefficient (Wildman–Crippen LogP) is 5.27. The zero-order valence-corrected chi connectivity index (χ0v) is 16.5. The van der Waals surface area contributed by atoms with E-state index in [1.807, 2.05) is 0 Å². The third-order valence-corrected chi connectivity index (χ3v) is 5.48. The number of ketones is 1. The fraction of sp³-hybridized carbons (Fsp3) is 0.286. The van der Waals surface area contributed by atoms with Crippen molar-refractivity contribution in [1.82, 2.24) is 4.90 Å². The molecule has 3 rings (SSSR count). The van der Waals surface area contributed by atoms with E-state index in [2.05, 4.69) is 11.0 Å². The first-order chi connectivity index (χ1) is 12.6. The quantitative estimate of drug-likeness (QED) is 0.621. The van der Waals surface area contributed by atoms with E-state index in [1.54, 1.807) is 36.0 Å². The van der Waals surface area contributed by atoms with Crippen molar-refractivity contribution in [2.45, 2.75) is 24.2 Å². The van der Waals surface area contributed by atoms with Crippen LogP contribution in [0.15, 0.2) is 64.4 Å². The highest BCUT2D eigenvalue weighted by Gasteiger charge is 2.14. The van der Waals surface area contributed by atoms with Gasteiger partial charge >= 0.3 is 0 Å². The number of Topliss-reactive ketones (excluding diaryl/α,β-unsaturated/α-hetero) is 1. The Morgan fingerprint density at radius 3 is 2.22 bits per heavy atom. The maximum atomic E-state index is 12.9. The van der Waals surface area contributed by atoms with E-state index < -0.39 is 0 Å². The summed E-state index contributed by atoms with van der Waals surface area (Å²) in [5, 5.41) is 0. The molecule has 0 aliphatic carbocycles. The minimum absolute atomic E-state index is 0. The van der Waals surface area contributed by atoms with Crippen LogP contribution in [0, 0.1) is 11.6 Å². The molecule has 0 atom stereocenters. The van der Waals surface area contributed by atoms with Gasteiger partial charge in [-0.15, -0.1) is 12.4 Å². The highest BCUT2D eigenvalue weighted by atomic mass is 35.5. The lowest BCUT2D eigenvalue weighted by Gasteiger charge is -2.25. The van der Waals surface area contributed by atoms with Gasteiger partial charge in [0, 0.05) is 37.4 Å². The van der Waals surface area contributed by atoms with Crippen molar-refractivity contribution in [1.29, 1.82) is 0 Å². The van der Waals surface area contributed by atoms with E-state index in [-0.39, 0.29) is 29.8 Å². The summed E-state index contributed by atoms with van der Waals surface area (Å²) < 4.78 is 25.8. The van der Waals surface area contributed by atoms with E-state index in [1.165, 1.54) is 29.2 Å². The van der Waals surface area contributed by atoms with Crippen LogP contribution in [0.25, 0.3) is 0 Å². The number of rotatable bonds is 7. The average molecular weight is 410 g/mol. The molecule has 1 aliphatic heterocycles. The van der Waals surface area contributed by atoms with Gasteiger partial charge in [-0.1, -0.05) is 30.0 Å². The van der Waals surface area contributed by atoms with Crippen molar-refractivity contribution in [2.24, 2.45) is 0 Å². The standard InChI is InChI=1S/C21H21F2NOS.ClH/c22-17-3-1-16(2-4-17)15-19(25)9-12-24-13-10-21(11-14-24)26-20-7-5-18(23)6-8-20;/h1-8,10H,9,11-15H2;1H. The number of hydrogen-bond donors (Lipinski definition) is 0. The number of halogens is 3. The Morgan fingerprint density at radius 2 is 1.63 bits per heavy atom. The Labute approximate surface area is 169 Å². The molecule has 0 saturated heterocycles. The highest BCUT2D eigenvalue weighted by molar-refractivity contribution is 8.03. The van der Waals surface area contributed by atoms with Gasteiger partial charge in [-0.3, -0.25) is 9.69 Å². The number of carbonyl (C=O) groups is 1. The molecular formula is C21H22ClF2NOS. The zero-order valence-electron chi connectivity index (χ0n) is 14.9. The van der Waals surface area contributed by atoms with Crippen LogP contribution in [0.4, 0.5) is 8.78 Å². The molecule has 0 spiro atoms. The smallest absolute Gasteiger partial charge is 0.138 e. The van der Waals surface area contributed by atoms with Gasteiger partial charge in [0.2, 0.25) is 0 Å². The summed E-state index contributed by atoms with van der Waals surface area (Å²) in [6.45, 7) is 2.49. The SMILES string of the molecule is Cl.O=C(CCN1CC=C(Sc2ccc(F)cc2)CC1)Cc1ccc(F)cc1. The molecule has 2 aromatic rings. The molecule has 2 aromatic carbocycles. The summed E-state index contributed by atoms with van der Waals surface area (Å²) in [7, 11) is 0. The van der Waals surface area contributed by atoms with Crippen LogP contribution < -0.4 is 0 Å². The van der Waals surface area contributed by atoms with E-state index in [0.717, 1.165) is 36.5 Å². The van der Waals surface area contributed by atoms with Crippen LogP contribution in [0.5, 0.6) is 0 Å². The van der Waals surface area contributed by atoms with Gasteiger partial charge in [-0.05, 0) is 53.3 Å². The Hall–Kier alpha value is -1.69. The first-order valence-electron chi connectivity index (χ1n) is 8.69. The fourth-order valence-corrected chi connectivity index (χ4v) is 3.77. The van der Waals surface area contributed by atoms with E-state index in [4.69, 9.17) is 0 Å². The van der Waals surface area contributed by atoms with E-state index >= 15 is 0 Å². The first kappa shape index (κ1) is 21.6. The van der Waals surface area contributed by atoms with Crippen LogP contribution >= 0.6 is 24.2 Å². The fourth-order valence-electron chi connectivity index (χ4n) is 2.84. The molecule has 1 heterocycles. The van der Waals surface area contributed by atoms with Gasteiger partial charge in [0.25, 0.3) is 0 Å². The maximum absolute atomic E-state index is 12.9. The molecule has 0 amide bonds. The molecule has 6 heteroatoms. The summed E-state index contributed by atoms with van der Waals surface area (Å²) >= 11 is 1.67. The molecule has 0 radical (unpaired) electrons. The van der Waals surface area contributed by atoms with Gasteiger partial charge in [-0.2, -0.15) is 0 Å². The number of thioether (sulfide) groups is 1. The minimum atomic E-state index is -0.282. The third kappa shape index (κ3) is 7.09. The lowest BCUT2D eigenvalue weighted by atomic mass is 10.1. The number of nitrogens with zero attached hydrogens (tertiary/aromatic N) is 1. The summed E-state index contributed by atoms with van der Waals surface area (Å²) in [6, 6.07) is 12.6. The van der Waals surface area contributed by atoms with E-state index in [0.29, 0.717) is 12.8 Å². The summed E-state index contributed by atoms with van der Waals surface area (Å²) in [4.78, 5) is 16.7. The van der Waals surface area contributed by atoms with Crippen molar-refractivity contribution < 1.29 is 13.6 Å². The van der Waals surface area contributed by atoms with Crippen LogP contribution in [-0.4, -0.2) is 30.3 Å². The number of hydrogen-bond acceptors (Lipinski definition) is 3. The lowest BCUT2D eigenvalue weighted by molar-refractivity contribution is -0.118. The molecule has 0 unspecified atom stereocenters. The molecule has 2 nitrogen and oxygen atoms in total. The second-order valence-electron chi connectivity index (χ2n) is 6.37. The van der Waals surface area contributed by atoms with Crippen molar-refractivity contribution in [3.63, 3.8) is 0 Å². The van der Waals surface area contributed by atoms with Gasteiger partial charge < -0.3 is 0 Å². The predicted molar refractivity (Wildman–Crippen MR) is 108 cm³/mol. The second-order valence-corrected chi connectivity index (χ2v) is 7.57. The molecule has 0 fully saturated rings. The molecule has 0 N–H and O–H groups in total. The zero-order chi connectivity index (χ0) is 18.4. The van der Waals surface area contributed by atoms with Gasteiger partial charge in [0.15, 0.2) is 0 Å². The summed E-state index contributed by atoms with van der Waals surface area (Å²) in [6.07, 6.45) is 3.98.